The van der Waals surface area contributed by atoms with E-state index in [2.05, 4.69) is 26.8 Å². The highest BCUT2D eigenvalue weighted by molar-refractivity contribution is 6.58. The third kappa shape index (κ3) is 3.81. The Morgan fingerprint density at radius 2 is 1.83 bits per heavy atom. The number of halogens is 2. The number of aryl methyl sites for hydroxylation is 2. The van der Waals surface area contributed by atoms with Crippen molar-refractivity contribution in [2.45, 2.75) is 119 Å². The highest BCUT2D eigenvalue weighted by atomic mass is 19.2. The molecule has 3 fully saturated rings. The van der Waals surface area contributed by atoms with E-state index in [9.17, 15) is 5.11 Å². The average molecular weight is 577 g/mol. The van der Waals surface area contributed by atoms with Crippen molar-refractivity contribution in [1.29, 1.82) is 0 Å². The first-order valence-electron chi connectivity index (χ1n) is 16.9. The molecule has 0 spiro atoms. The Bertz CT molecular complexity index is 1460. The van der Waals surface area contributed by atoms with Crippen LogP contribution in [0.25, 0.3) is 5.57 Å². The monoisotopic (exact) mass is 576 g/mol. The van der Waals surface area contributed by atoms with Crippen LogP contribution in [0.2, 0.25) is 0 Å². The fourth-order valence-corrected chi connectivity index (χ4v) is 11.9. The topological polar surface area (TPSA) is 28.2 Å². The summed E-state index contributed by atoms with van der Waals surface area (Å²) in [5, 5.41) is 10.4. The molecule has 1 aromatic rings. The third-order valence-electron chi connectivity index (χ3n) is 13.7. The van der Waals surface area contributed by atoms with Crippen molar-refractivity contribution in [3.63, 3.8) is 0 Å². The smallest absolute Gasteiger partial charge is 0.394 e. The number of fused-ring (bicyclic) bond motifs is 7. The van der Waals surface area contributed by atoms with Crippen LogP contribution in [0.3, 0.4) is 0 Å². The Kier molecular flexibility index (Phi) is 6.53. The van der Waals surface area contributed by atoms with Crippen LogP contribution in [0.1, 0.15) is 116 Å². The van der Waals surface area contributed by atoms with Gasteiger partial charge in [0.1, 0.15) is 5.71 Å². The zero-order valence-electron chi connectivity index (χ0n) is 26.9. The molecule has 6 aliphatic rings. The predicted molar refractivity (Wildman–Crippen MR) is 168 cm³/mol. The van der Waals surface area contributed by atoms with E-state index in [0.717, 1.165) is 78.0 Å². The number of hydrogen-bond acceptors (Lipinski definition) is 1. The summed E-state index contributed by atoms with van der Waals surface area (Å²) >= 11 is 0. The number of aliphatic hydroxyl groups excluding tert-OH is 1. The molecule has 3 saturated carbocycles. The van der Waals surface area contributed by atoms with E-state index in [1.807, 2.05) is 39.8 Å². The summed E-state index contributed by atoms with van der Waals surface area (Å²) in [5.74, 6) is 3.55. The summed E-state index contributed by atoms with van der Waals surface area (Å²) in [6.45, 7) is 11.4. The molecule has 42 heavy (non-hydrogen) atoms. The molecule has 2 aliphatic heterocycles. The van der Waals surface area contributed by atoms with Crippen molar-refractivity contribution < 1.29 is 18.2 Å². The summed E-state index contributed by atoms with van der Waals surface area (Å²) in [6, 6.07) is 1.95. The van der Waals surface area contributed by atoms with Gasteiger partial charge >= 0.3 is 6.97 Å². The van der Waals surface area contributed by atoms with Crippen molar-refractivity contribution in [3.05, 3.63) is 52.0 Å². The molecule has 8 atom stereocenters. The number of hydrogen-bond donors (Lipinski definition) is 1. The Hall–Kier alpha value is -1.95. The van der Waals surface area contributed by atoms with Crippen molar-refractivity contribution in [1.82, 2.24) is 4.48 Å². The molecule has 4 aliphatic carbocycles. The molecular weight excluding hydrogens is 525 g/mol. The molecule has 0 bridgehead atoms. The lowest BCUT2D eigenvalue weighted by Crippen LogP contribution is -2.51. The van der Waals surface area contributed by atoms with Crippen LogP contribution in [-0.2, 0) is 0 Å². The summed E-state index contributed by atoms with van der Waals surface area (Å²) in [4.78, 5) is 0. The molecule has 0 saturated heterocycles. The molecule has 3 nitrogen and oxygen atoms in total. The molecule has 0 radical (unpaired) electrons. The van der Waals surface area contributed by atoms with Gasteiger partial charge in [-0.25, -0.2) is 0 Å². The second kappa shape index (κ2) is 9.53. The van der Waals surface area contributed by atoms with Gasteiger partial charge in [-0.3, -0.25) is 0 Å². The van der Waals surface area contributed by atoms with Gasteiger partial charge < -0.3 is 22.7 Å². The quantitative estimate of drug-likeness (QED) is 0.282. The van der Waals surface area contributed by atoms with E-state index in [1.165, 1.54) is 41.1 Å². The maximum absolute atomic E-state index is 16.0. The first-order chi connectivity index (χ1) is 19.8. The Morgan fingerprint density at radius 3 is 2.60 bits per heavy atom. The summed E-state index contributed by atoms with van der Waals surface area (Å²) in [6.07, 6.45) is 15.7. The highest BCUT2D eigenvalue weighted by Gasteiger charge is 2.59. The first-order valence-corrected chi connectivity index (χ1v) is 16.9. The van der Waals surface area contributed by atoms with E-state index in [4.69, 9.17) is 0 Å². The second-order valence-electron chi connectivity index (χ2n) is 15.8. The summed E-state index contributed by atoms with van der Waals surface area (Å²) in [7, 11) is 0. The molecule has 0 amide bonds. The van der Waals surface area contributed by atoms with Gasteiger partial charge in [0.2, 0.25) is 0 Å². The number of allylic oxidation sites excluding steroid dienone is 4. The van der Waals surface area contributed by atoms with Crippen LogP contribution in [0, 0.1) is 54.3 Å². The van der Waals surface area contributed by atoms with Crippen LogP contribution in [0.15, 0.2) is 35.1 Å². The maximum Gasteiger partial charge on any atom is 0.737 e. The number of rotatable bonds is 4. The fraction of sp³-hybridized carbons (Fsp3) is 0.694. The van der Waals surface area contributed by atoms with E-state index < -0.39 is 6.97 Å². The van der Waals surface area contributed by atoms with Crippen LogP contribution in [0.4, 0.5) is 8.63 Å². The average Bonchev–Trinajstić information content (AvgIpc) is 3.54. The maximum atomic E-state index is 16.0. The predicted octanol–water partition coefficient (Wildman–Crippen LogP) is 8.84. The lowest BCUT2D eigenvalue weighted by atomic mass is 9.47. The van der Waals surface area contributed by atoms with Crippen molar-refractivity contribution >= 4 is 18.3 Å². The summed E-state index contributed by atoms with van der Waals surface area (Å²) in [5.41, 5.74) is 8.11. The van der Waals surface area contributed by atoms with Gasteiger partial charge in [0.05, 0.1) is 6.10 Å². The Labute approximate surface area is 251 Å². The van der Waals surface area contributed by atoms with Gasteiger partial charge in [-0.1, -0.05) is 32.4 Å². The molecule has 0 aromatic carbocycles. The fourth-order valence-electron chi connectivity index (χ4n) is 11.9. The van der Waals surface area contributed by atoms with Crippen molar-refractivity contribution in [2.24, 2.45) is 40.4 Å². The molecule has 6 heteroatoms. The molecule has 228 valence electrons. The zero-order chi connectivity index (χ0) is 29.9. The minimum Gasteiger partial charge on any atom is -0.394 e. The SMILES string of the molecule is CC1=CC(C)=[N+]2C1=C(CCC(C)C1CCC3C4CC=C5CC(O)CCC5(C)C4CCC13C)c1c(C)cc(C)n1[B-]2(F)F. The molecule has 7 rings (SSSR count). The standard InChI is InChI=1S/C36H51BF2N2O/c1-21(8-10-29-33-22(2)18-24(4)40(33)37(38,39)41-25(5)19-23(3)34(29)41)30-12-13-31-28-11-9-26-20-27(42)14-16-35(26,6)32(28)15-17-36(30,31)7/h9,18-19,21,27-28,30-32,42H,8,10-17,20H2,1-7H3. The van der Waals surface area contributed by atoms with E-state index in [0.29, 0.717) is 28.7 Å². The Morgan fingerprint density at radius 1 is 1.07 bits per heavy atom. The lowest BCUT2D eigenvalue weighted by molar-refractivity contribution is -0.363. The van der Waals surface area contributed by atoms with Crippen LogP contribution in [0.5, 0.6) is 0 Å². The van der Waals surface area contributed by atoms with Gasteiger partial charge in [-0.05, 0) is 143 Å². The van der Waals surface area contributed by atoms with E-state index in [-0.39, 0.29) is 11.5 Å². The number of aliphatic hydroxyl groups is 1. The van der Waals surface area contributed by atoms with Crippen LogP contribution >= 0.6 is 0 Å². The van der Waals surface area contributed by atoms with Gasteiger partial charge in [0, 0.05) is 29.8 Å². The van der Waals surface area contributed by atoms with E-state index in [1.54, 1.807) is 5.57 Å². The number of nitrogens with zero attached hydrogens (tertiary/aromatic N) is 2. The third-order valence-corrected chi connectivity index (χ3v) is 13.7. The largest absolute Gasteiger partial charge is 0.737 e. The molecule has 1 aromatic heterocycles. The zero-order valence-corrected chi connectivity index (χ0v) is 26.9. The minimum absolute atomic E-state index is 0.146. The minimum atomic E-state index is -3.90. The molecular formula is C36H51BF2N2O. The Balaban J connectivity index is 1.15. The molecule has 1 N–H and O–H groups in total. The van der Waals surface area contributed by atoms with Crippen LogP contribution < -0.4 is 0 Å². The van der Waals surface area contributed by atoms with Gasteiger partial charge in [0.25, 0.3) is 0 Å². The second-order valence-corrected chi connectivity index (χ2v) is 15.8. The normalized spacial score (nSPS) is 39.2. The van der Waals surface area contributed by atoms with Gasteiger partial charge in [-0.15, -0.1) is 0 Å². The van der Waals surface area contributed by atoms with Crippen molar-refractivity contribution in [3.8, 4) is 0 Å². The van der Waals surface area contributed by atoms with Crippen LogP contribution in [-0.4, -0.2) is 32.9 Å². The first kappa shape index (κ1) is 28.8. The molecule has 8 unspecified atom stereocenters. The summed E-state index contributed by atoms with van der Waals surface area (Å²) < 4.78 is 34.8. The lowest BCUT2D eigenvalue weighted by Gasteiger charge is -2.58. The van der Waals surface area contributed by atoms with E-state index >= 15 is 8.63 Å². The van der Waals surface area contributed by atoms with Gasteiger partial charge in [0.15, 0.2) is 5.70 Å². The highest BCUT2D eigenvalue weighted by Crippen LogP contribution is 2.67. The number of aromatic nitrogens is 1. The molecule has 3 heterocycles. The van der Waals surface area contributed by atoms with Gasteiger partial charge in [-0.2, -0.15) is 0 Å². The van der Waals surface area contributed by atoms with Crippen molar-refractivity contribution in [2.75, 3.05) is 0 Å².